The number of pyridine rings is 1. The fourth-order valence-electron chi connectivity index (χ4n) is 2.03. The topological polar surface area (TPSA) is 54.6 Å². The molecular formula is C14H8AsBrCl2N2O2. The quantitative estimate of drug-likeness (QED) is 0.610. The van der Waals surface area contributed by atoms with E-state index in [0.717, 1.165) is 8.82 Å². The van der Waals surface area contributed by atoms with Crippen LogP contribution in [0.3, 0.4) is 0 Å². The van der Waals surface area contributed by atoms with Crippen LogP contribution in [0.25, 0.3) is 5.65 Å². The Bertz CT molecular complexity index is 898. The summed E-state index contributed by atoms with van der Waals surface area (Å²) in [6.07, 6.45) is 4.80. The molecule has 22 heavy (non-hydrogen) atoms. The first-order valence-corrected chi connectivity index (χ1v) is 9.72. The minimum atomic E-state index is -1.02. The number of nitrogens with zero attached hydrogens (tertiary/aromatic N) is 2. The summed E-state index contributed by atoms with van der Waals surface area (Å²) in [4.78, 5) is 15.7. The van der Waals surface area contributed by atoms with Crippen molar-refractivity contribution in [1.29, 1.82) is 0 Å². The van der Waals surface area contributed by atoms with E-state index >= 15 is 0 Å². The van der Waals surface area contributed by atoms with Crippen molar-refractivity contribution in [3.05, 3.63) is 56.9 Å². The zero-order valence-electron chi connectivity index (χ0n) is 10.8. The molecule has 3 aromatic rings. The van der Waals surface area contributed by atoms with Gasteiger partial charge < -0.3 is 0 Å². The number of rotatable bonds is 3. The van der Waals surface area contributed by atoms with Crippen LogP contribution < -0.4 is 8.70 Å². The predicted octanol–water partition coefficient (Wildman–Crippen LogP) is 2.49. The summed E-state index contributed by atoms with van der Waals surface area (Å²) in [5, 5.41) is 10.4. The molecule has 3 rings (SSSR count). The van der Waals surface area contributed by atoms with Crippen molar-refractivity contribution >= 4 is 75.2 Å². The van der Waals surface area contributed by atoms with Crippen LogP contribution in [0.4, 0.5) is 0 Å². The van der Waals surface area contributed by atoms with Crippen LogP contribution >= 0.6 is 39.1 Å². The Hall–Kier alpha value is -1.00. The zero-order valence-corrected chi connectivity index (χ0v) is 16.0. The van der Waals surface area contributed by atoms with Crippen LogP contribution in [0, 0.1) is 0 Å². The summed E-state index contributed by atoms with van der Waals surface area (Å²) in [5.41, 5.74) is 0.744. The van der Waals surface area contributed by atoms with E-state index in [1.165, 1.54) is 0 Å². The maximum atomic E-state index is 11.6. The molecular weight excluding hydrogens is 454 g/mol. The molecule has 0 aliphatic rings. The molecule has 0 spiro atoms. The minimum absolute atomic E-state index is 0.189. The van der Waals surface area contributed by atoms with Crippen molar-refractivity contribution in [3.63, 3.8) is 0 Å². The second-order valence-electron chi connectivity index (χ2n) is 4.44. The third-order valence-corrected chi connectivity index (χ3v) is 7.97. The van der Waals surface area contributed by atoms with E-state index in [9.17, 15) is 9.90 Å². The fraction of sp³-hybridized carbons (Fsp3) is 0. The van der Waals surface area contributed by atoms with Gasteiger partial charge in [0.15, 0.2) is 0 Å². The number of imidazole rings is 1. The standard InChI is InChI=1S/C14H8AsBrCl2N2O2/c16-7-1-2-9(10(17)5-7)15-11-8(14(21)22)6-20-4-3-19-13(20)12(11)18/h1-6,15H,(H,21,22). The predicted molar refractivity (Wildman–Crippen MR) is 92.7 cm³/mol. The van der Waals surface area contributed by atoms with Crippen molar-refractivity contribution in [2.75, 3.05) is 0 Å². The van der Waals surface area contributed by atoms with Crippen molar-refractivity contribution in [1.82, 2.24) is 9.38 Å². The molecule has 0 aliphatic heterocycles. The third-order valence-electron chi connectivity index (χ3n) is 3.04. The molecule has 1 atom stereocenters. The molecule has 1 unspecified atom stereocenters. The fourth-order valence-corrected chi connectivity index (χ4v) is 5.87. The van der Waals surface area contributed by atoms with Gasteiger partial charge in [0.1, 0.15) is 0 Å². The van der Waals surface area contributed by atoms with Gasteiger partial charge in [0, 0.05) is 0 Å². The van der Waals surface area contributed by atoms with Crippen LogP contribution in [-0.2, 0) is 0 Å². The van der Waals surface area contributed by atoms with Gasteiger partial charge in [-0.25, -0.2) is 0 Å². The van der Waals surface area contributed by atoms with Crippen molar-refractivity contribution < 1.29 is 9.90 Å². The molecule has 0 amide bonds. The molecule has 4 nitrogen and oxygen atoms in total. The van der Waals surface area contributed by atoms with E-state index in [-0.39, 0.29) is 5.56 Å². The van der Waals surface area contributed by atoms with Crippen LogP contribution in [0.15, 0.2) is 41.3 Å². The van der Waals surface area contributed by atoms with Crippen molar-refractivity contribution in [2.24, 2.45) is 0 Å². The first-order valence-electron chi connectivity index (χ1n) is 6.08. The van der Waals surface area contributed by atoms with Crippen LogP contribution in [0.1, 0.15) is 10.4 Å². The van der Waals surface area contributed by atoms with E-state index in [1.807, 2.05) is 12.1 Å². The van der Waals surface area contributed by atoms with Crippen LogP contribution in [0.5, 0.6) is 0 Å². The number of carbonyl (C=O) groups is 1. The van der Waals surface area contributed by atoms with Crippen molar-refractivity contribution in [2.45, 2.75) is 0 Å². The van der Waals surface area contributed by atoms with Gasteiger partial charge in [-0.2, -0.15) is 0 Å². The molecule has 1 aromatic carbocycles. The second kappa shape index (κ2) is 6.24. The van der Waals surface area contributed by atoms with Gasteiger partial charge in [0.05, 0.1) is 0 Å². The van der Waals surface area contributed by atoms with Gasteiger partial charge in [-0.05, 0) is 0 Å². The number of carboxylic acids is 1. The molecule has 2 heterocycles. The normalized spacial score (nSPS) is 11.6. The van der Waals surface area contributed by atoms with E-state index in [0.29, 0.717) is 20.0 Å². The zero-order chi connectivity index (χ0) is 15.9. The Labute approximate surface area is 150 Å². The van der Waals surface area contributed by atoms with Gasteiger partial charge >= 0.3 is 151 Å². The summed E-state index contributed by atoms with van der Waals surface area (Å²) >= 11 is 15.0. The summed E-state index contributed by atoms with van der Waals surface area (Å²) in [6.45, 7) is 0. The van der Waals surface area contributed by atoms with Gasteiger partial charge in [-0.15, -0.1) is 0 Å². The second-order valence-corrected chi connectivity index (χ2v) is 8.85. The SMILES string of the molecule is O=C(O)c1cn2ccnc2c(Cl)c1[AsH]c1ccc(Br)cc1Cl. The molecule has 0 bridgehead atoms. The molecule has 0 fully saturated rings. The maximum absolute atomic E-state index is 11.6. The molecule has 1 N–H and O–H groups in total. The summed E-state index contributed by atoms with van der Waals surface area (Å²) in [7, 11) is 0. The van der Waals surface area contributed by atoms with Crippen molar-refractivity contribution in [3.8, 4) is 0 Å². The molecule has 0 saturated carbocycles. The number of carboxylic acid groups (broad SMARTS) is 1. The molecule has 8 heteroatoms. The van der Waals surface area contributed by atoms with E-state index in [2.05, 4.69) is 20.9 Å². The first kappa shape index (κ1) is 15.9. The van der Waals surface area contributed by atoms with Gasteiger partial charge in [-0.3, -0.25) is 0 Å². The number of hydrogen-bond acceptors (Lipinski definition) is 2. The summed E-state index contributed by atoms with van der Waals surface area (Å²) < 4.78 is 4.04. The average Bonchev–Trinajstić information content (AvgIpc) is 2.92. The number of fused-ring (bicyclic) bond motifs is 1. The molecule has 0 saturated heterocycles. The number of halogens is 3. The molecule has 2 aromatic heterocycles. The third kappa shape index (κ3) is 2.91. The number of hydrogen-bond donors (Lipinski definition) is 1. The van der Waals surface area contributed by atoms with E-state index in [4.69, 9.17) is 23.2 Å². The Morgan fingerprint density at radius 2 is 2.14 bits per heavy atom. The molecule has 0 aliphatic carbocycles. The summed E-state index contributed by atoms with van der Waals surface area (Å²) in [6, 6.07) is 5.57. The molecule has 0 radical (unpaired) electrons. The van der Waals surface area contributed by atoms with Gasteiger partial charge in [0.25, 0.3) is 0 Å². The average molecular weight is 462 g/mol. The molecule has 112 valence electrons. The monoisotopic (exact) mass is 460 g/mol. The van der Waals surface area contributed by atoms with E-state index < -0.39 is 21.7 Å². The Kier molecular flexibility index (Phi) is 4.51. The number of aromatic carboxylic acids is 1. The number of aromatic nitrogens is 2. The van der Waals surface area contributed by atoms with Crippen LogP contribution in [0.2, 0.25) is 10.0 Å². The Balaban J connectivity index is 2.18. The van der Waals surface area contributed by atoms with E-state index in [1.54, 1.807) is 29.1 Å². The Morgan fingerprint density at radius 3 is 2.82 bits per heavy atom. The van der Waals surface area contributed by atoms with Crippen LogP contribution in [-0.4, -0.2) is 36.2 Å². The van der Waals surface area contributed by atoms with Gasteiger partial charge in [0.2, 0.25) is 0 Å². The first-order chi connectivity index (χ1) is 10.5. The number of benzene rings is 1. The van der Waals surface area contributed by atoms with Gasteiger partial charge in [-0.1, -0.05) is 0 Å². The Morgan fingerprint density at radius 1 is 1.36 bits per heavy atom. The summed E-state index contributed by atoms with van der Waals surface area (Å²) in [5.74, 6) is -1.01.